The molecule has 0 heterocycles. The highest BCUT2D eigenvalue weighted by Crippen LogP contribution is 2.75. The zero-order chi connectivity index (χ0) is 31.6. The second-order valence-corrected chi connectivity index (χ2v) is 16.5. The first-order valence-corrected chi connectivity index (χ1v) is 17.4. The number of carbonyl (C=O) groups excluding carboxylic acids is 2. The molecule has 0 aromatic carbocycles. The van der Waals surface area contributed by atoms with Gasteiger partial charge in [0.15, 0.2) is 5.78 Å². The van der Waals surface area contributed by atoms with Gasteiger partial charge in [0, 0.05) is 28.0 Å². The summed E-state index contributed by atoms with van der Waals surface area (Å²) in [7, 11) is 1.46. The van der Waals surface area contributed by atoms with Gasteiger partial charge in [0.2, 0.25) is 0 Å². The van der Waals surface area contributed by atoms with Crippen LogP contribution in [0.1, 0.15) is 93.4 Å². The lowest BCUT2D eigenvalue weighted by Crippen LogP contribution is -2.62. The zero-order valence-electron chi connectivity index (χ0n) is 27.9. The van der Waals surface area contributed by atoms with Crippen molar-refractivity contribution < 1.29 is 14.3 Å². The molecule has 3 saturated carbocycles. The summed E-state index contributed by atoms with van der Waals surface area (Å²) < 4.78 is 5.16. The molecule has 5 aliphatic rings. The maximum Gasteiger partial charge on any atom is 0.329 e. The highest BCUT2D eigenvalue weighted by Gasteiger charge is 2.66. The van der Waals surface area contributed by atoms with Gasteiger partial charge >= 0.3 is 5.97 Å². The van der Waals surface area contributed by atoms with Gasteiger partial charge in [-0.15, -0.1) is 6.58 Å². The Hall–Kier alpha value is -2.27. The van der Waals surface area contributed by atoms with E-state index in [1.165, 1.54) is 36.7 Å². The molecule has 5 heteroatoms. The van der Waals surface area contributed by atoms with Crippen LogP contribution in [0.25, 0.3) is 0 Å². The number of rotatable bonds is 8. The SMILES string of the molecule is C=CCSCC(NC(=C)[C@]1(C)CC[C@]2(C)CC[C@]3(C)C4=CC=C5C(=CC(=O)C(C)=C5C)[C@]4(C)CC[C@@]3(C)C2C1)C(=O)OC. The van der Waals surface area contributed by atoms with Crippen molar-refractivity contribution in [2.75, 3.05) is 18.6 Å². The van der Waals surface area contributed by atoms with E-state index in [2.05, 4.69) is 72.2 Å². The lowest BCUT2D eigenvalue weighted by atomic mass is 9.34. The van der Waals surface area contributed by atoms with E-state index < -0.39 is 6.04 Å². The first-order valence-electron chi connectivity index (χ1n) is 16.2. The molecule has 0 radical (unpaired) electrons. The molecule has 0 bridgehead atoms. The Bertz CT molecular complexity index is 1380. The molecule has 5 rings (SSSR count). The summed E-state index contributed by atoms with van der Waals surface area (Å²) in [6.45, 7) is 24.9. The van der Waals surface area contributed by atoms with E-state index in [-0.39, 0.29) is 38.8 Å². The molecule has 0 aliphatic heterocycles. The third-order valence-corrected chi connectivity index (χ3v) is 14.3. The van der Waals surface area contributed by atoms with Gasteiger partial charge in [-0.2, -0.15) is 11.8 Å². The predicted octanol–water partition coefficient (Wildman–Crippen LogP) is 8.68. The topological polar surface area (TPSA) is 55.4 Å². The van der Waals surface area contributed by atoms with Crippen molar-refractivity contribution in [1.82, 2.24) is 5.32 Å². The fourth-order valence-corrected chi connectivity index (χ4v) is 10.6. The normalized spacial score (nSPS) is 39.1. The fraction of sp³-hybridized carbons (Fsp3) is 0.632. The van der Waals surface area contributed by atoms with Crippen LogP contribution in [0.3, 0.4) is 0 Å². The minimum absolute atomic E-state index is 0.0309. The summed E-state index contributed by atoms with van der Waals surface area (Å²) >= 11 is 1.68. The van der Waals surface area contributed by atoms with Crippen LogP contribution in [-0.2, 0) is 14.3 Å². The number of esters is 1. The highest BCUT2D eigenvalue weighted by atomic mass is 32.2. The Morgan fingerprint density at radius 2 is 1.77 bits per heavy atom. The average molecular weight is 604 g/mol. The van der Waals surface area contributed by atoms with Gasteiger partial charge in [-0.05, 0) is 109 Å². The van der Waals surface area contributed by atoms with Crippen LogP contribution in [0, 0.1) is 33.0 Å². The summed E-state index contributed by atoms with van der Waals surface area (Å²) in [6, 6.07) is -0.420. The molecule has 3 fully saturated rings. The maximum absolute atomic E-state index is 13.0. The number of methoxy groups -OCH3 is 1. The minimum atomic E-state index is -0.420. The molecule has 0 spiro atoms. The van der Waals surface area contributed by atoms with Crippen molar-refractivity contribution >= 4 is 23.5 Å². The number of ketones is 1. The van der Waals surface area contributed by atoms with E-state index in [1.807, 2.05) is 19.1 Å². The molecule has 0 aromatic heterocycles. The number of thioether (sulfide) groups is 1. The van der Waals surface area contributed by atoms with Crippen molar-refractivity contribution in [2.24, 2.45) is 33.0 Å². The predicted molar refractivity (Wildman–Crippen MR) is 180 cm³/mol. The van der Waals surface area contributed by atoms with Gasteiger partial charge in [0.1, 0.15) is 6.04 Å². The number of allylic oxidation sites excluding steroid dienone is 9. The van der Waals surface area contributed by atoms with Gasteiger partial charge < -0.3 is 10.1 Å². The molecule has 1 N–H and O–H groups in total. The summed E-state index contributed by atoms with van der Waals surface area (Å²) in [6.07, 6.45) is 16.5. The monoisotopic (exact) mass is 603 g/mol. The lowest BCUT2D eigenvalue weighted by molar-refractivity contribution is -0.157. The standard InChI is InChI=1S/C38H53NO3S/c1-11-20-43-23-29(33(41)42-10)39-26(4)35(6)15-14-34(5)16-18-37(8)31-13-12-27-24(2)25(3)30(40)21-28(27)36(31,7)17-19-38(37,9)32(34)22-35/h11-13,21,29,32,39H,1,4,14-20,22-23H2,2-3,5-10H3/t29?,32?,34-,35-,36+,37-,38+/m1/s1. The van der Waals surface area contributed by atoms with Crippen LogP contribution in [-0.4, -0.2) is 36.4 Å². The highest BCUT2D eigenvalue weighted by molar-refractivity contribution is 7.99. The Balaban J connectivity index is 1.48. The second kappa shape index (κ2) is 11.0. The zero-order valence-corrected chi connectivity index (χ0v) is 28.7. The second-order valence-electron chi connectivity index (χ2n) is 15.4. The van der Waals surface area contributed by atoms with Crippen LogP contribution in [0.15, 0.2) is 71.0 Å². The van der Waals surface area contributed by atoms with E-state index in [4.69, 9.17) is 4.74 Å². The number of hydrogen-bond donors (Lipinski definition) is 1. The smallest absolute Gasteiger partial charge is 0.329 e. The van der Waals surface area contributed by atoms with Gasteiger partial charge in [0.25, 0.3) is 0 Å². The Labute approximate surface area is 264 Å². The van der Waals surface area contributed by atoms with E-state index in [0.29, 0.717) is 11.7 Å². The van der Waals surface area contributed by atoms with Gasteiger partial charge in [-0.25, -0.2) is 4.79 Å². The summed E-state index contributed by atoms with van der Waals surface area (Å²) in [5.74, 6) is 1.87. The molecule has 2 unspecified atom stereocenters. The molecular weight excluding hydrogens is 550 g/mol. The van der Waals surface area contributed by atoms with Gasteiger partial charge in [-0.1, -0.05) is 65.0 Å². The van der Waals surface area contributed by atoms with Crippen molar-refractivity contribution in [2.45, 2.75) is 99.5 Å². The van der Waals surface area contributed by atoms with Crippen molar-refractivity contribution in [3.8, 4) is 0 Å². The summed E-state index contributed by atoms with van der Waals surface area (Å²) in [4.78, 5) is 25.8. The number of fused-ring (bicyclic) bond motifs is 7. The van der Waals surface area contributed by atoms with Crippen molar-refractivity contribution in [3.63, 3.8) is 0 Å². The third kappa shape index (κ3) is 4.78. The first-order chi connectivity index (χ1) is 20.1. The average Bonchev–Trinajstić information content (AvgIpc) is 2.97. The first kappa shape index (κ1) is 32.1. The quantitative estimate of drug-likeness (QED) is 0.171. The number of nitrogens with one attached hydrogen (secondary N) is 1. The van der Waals surface area contributed by atoms with Gasteiger partial charge in [-0.3, -0.25) is 4.79 Å². The molecule has 5 aliphatic carbocycles. The Morgan fingerprint density at radius 1 is 1.07 bits per heavy atom. The van der Waals surface area contributed by atoms with Crippen LogP contribution >= 0.6 is 11.8 Å². The van der Waals surface area contributed by atoms with Crippen molar-refractivity contribution in [3.05, 3.63) is 71.0 Å². The minimum Gasteiger partial charge on any atom is -0.467 e. The number of ether oxygens (including phenoxy) is 1. The summed E-state index contributed by atoms with van der Waals surface area (Å²) in [5, 5.41) is 3.55. The van der Waals surface area contributed by atoms with Gasteiger partial charge in [0.05, 0.1) is 7.11 Å². The van der Waals surface area contributed by atoms with E-state index >= 15 is 0 Å². The maximum atomic E-state index is 13.0. The van der Waals surface area contributed by atoms with Crippen LogP contribution in [0.5, 0.6) is 0 Å². The van der Waals surface area contributed by atoms with E-state index in [9.17, 15) is 9.59 Å². The molecule has 0 amide bonds. The lowest BCUT2D eigenvalue weighted by Gasteiger charge is -2.70. The molecular formula is C38H53NO3S. The van der Waals surface area contributed by atoms with E-state index in [1.54, 1.807) is 11.8 Å². The molecule has 43 heavy (non-hydrogen) atoms. The Kier molecular flexibility index (Phi) is 8.19. The fourth-order valence-electron chi connectivity index (χ4n) is 9.81. The molecule has 0 aromatic rings. The largest absolute Gasteiger partial charge is 0.467 e. The van der Waals surface area contributed by atoms with Crippen LogP contribution in [0.4, 0.5) is 0 Å². The molecule has 4 nitrogen and oxygen atoms in total. The molecule has 0 saturated heterocycles. The number of carbonyl (C=O) groups is 2. The van der Waals surface area contributed by atoms with Crippen LogP contribution in [0.2, 0.25) is 0 Å². The Morgan fingerprint density at radius 3 is 2.44 bits per heavy atom. The van der Waals surface area contributed by atoms with Crippen molar-refractivity contribution in [1.29, 1.82) is 0 Å². The van der Waals surface area contributed by atoms with E-state index in [0.717, 1.165) is 54.7 Å². The molecule has 234 valence electrons. The van der Waals surface area contributed by atoms with Crippen LogP contribution < -0.4 is 5.32 Å². The third-order valence-electron chi connectivity index (χ3n) is 13.3. The number of hydrogen-bond acceptors (Lipinski definition) is 5. The molecule has 7 atom stereocenters. The summed E-state index contributed by atoms with van der Waals surface area (Å²) in [5.41, 5.74) is 7.18.